The van der Waals surface area contributed by atoms with Gasteiger partial charge in [0.15, 0.2) is 5.78 Å². The quantitative estimate of drug-likeness (QED) is 0.837. The van der Waals surface area contributed by atoms with Gasteiger partial charge in [0.2, 0.25) is 0 Å². The van der Waals surface area contributed by atoms with Crippen molar-refractivity contribution in [3.05, 3.63) is 28.8 Å². The predicted octanol–water partition coefficient (Wildman–Crippen LogP) is 3.42. The van der Waals surface area contributed by atoms with Crippen LogP contribution in [0.4, 0.5) is 0 Å². The van der Waals surface area contributed by atoms with E-state index in [1.54, 1.807) is 7.11 Å². The zero-order valence-electron chi connectivity index (χ0n) is 13.0. The van der Waals surface area contributed by atoms with Gasteiger partial charge in [0.1, 0.15) is 5.75 Å². The van der Waals surface area contributed by atoms with Crippen molar-refractivity contribution in [3.63, 3.8) is 0 Å². The summed E-state index contributed by atoms with van der Waals surface area (Å²) in [6.45, 7) is 7.09. The lowest BCUT2D eigenvalue weighted by Gasteiger charge is -2.29. The Morgan fingerprint density at radius 1 is 1.40 bits per heavy atom. The first-order chi connectivity index (χ1) is 9.54. The first-order valence-corrected chi connectivity index (χ1v) is 7.49. The molecular weight excluding hydrogens is 250 g/mol. The maximum Gasteiger partial charge on any atom is 0.186 e. The van der Waals surface area contributed by atoms with Crippen molar-refractivity contribution in [2.24, 2.45) is 0 Å². The first-order valence-electron chi connectivity index (χ1n) is 7.49. The van der Waals surface area contributed by atoms with Gasteiger partial charge in [0.25, 0.3) is 0 Å². The Labute approximate surface area is 121 Å². The second-order valence-corrected chi connectivity index (χ2v) is 5.85. The van der Waals surface area contributed by atoms with Crippen LogP contribution in [0.15, 0.2) is 12.1 Å². The summed E-state index contributed by atoms with van der Waals surface area (Å²) in [4.78, 5) is 13.1. The molecule has 1 unspecified atom stereocenters. The maximum absolute atomic E-state index is 13.1. The number of rotatable bonds is 5. The van der Waals surface area contributed by atoms with Gasteiger partial charge in [0, 0.05) is 0 Å². The molecule has 110 valence electrons. The largest absolute Gasteiger partial charge is 0.496 e. The van der Waals surface area contributed by atoms with Crippen LogP contribution in [-0.2, 0) is 0 Å². The van der Waals surface area contributed by atoms with Crippen molar-refractivity contribution >= 4 is 5.78 Å². The lowest BCUT2D eigenvalue weighted by Crippen LogP contribution is -2.47. The molecule has 0 amide bonds. The van der Waals surface area contributed by atoms with E-state index < -0.39 is 0 Å². The minimum atomic E-state index is -0.387. The highest BCUT2D eigenvalue weighted by Gasteiger charge is 2.41. The van der Waals surface area contributed by atoms with E-state index in [1.807, 2.05) is 19.9 Å². The van der Waals surface area contributed by atoms with Crippen molar-refractivity contribution in [1.29, 1.82) is 0 Å². The number of carbonyl (C=O) groups is 1. The SMILES string of the molecule is CCCC1(C(=O)c2c(C)cc(C)cc2OC)CCCN1. The van der Waals surface area contributed by atoms with Gasteiger partial charge in [-0.05, 0) is 56.8 Å². The van der Waals surface area contributed by atoms with E-state index >= 15 is 0 Å². The highest BCUT2D eigenvalue weighted by atomic mass is 16.5. The highest BCUT2D eigenvalue weighted by molar-refractivity contribution is 6.06. The van der Waals surface area contributed by atoms with Gasteiger partial charge in [-0.1, -0.05) is 19.4 Å². The highest BCUT2D eigenvalue weighted by Crippen LogP contribution is 2.34. The Kier molecular flexibility index (Phi) is 4.48. The molecule has 1 fully saturated rings. The molecule has 0 bridgehead atoms. The molecule has 1 heterocycles. The number of Topliss-reactive ketones (excluding diaryl/α,β-unsaturated/α-hetero) is 1. The van der Waals surface area contributed by atoms with Crippen LogP contribution < -0.4 is 10.1 Å². The van der Waals surface area contributed by atoms with Gasteiger partial charge in [-0.3, -0.25) is 4.79 Å². The fourth-order valence-corrected chi connectivity index (χ4v) is 3.37. The molecule has 0 aliphatic carbocycles. The lowest BCUT2D eigenvalue weighted by molar-refractivity contribution is 0.0853. The van der Waals surface area contributed by atoms with Gasteiger partial charge < -0.3 is 10.1 Å². The Balaban J connectivity index is 2.47. The molecule has 3 heteroatoms. The van der Waals surface area contributed by atoms with Crippen LogP contribution in [0.5, 0.6) is 5.75 Å². The molecule has 0 radical (unpaired) electrons. The molecular formula is C17H25NO2. The number of hydrogen-bond acceptors (Lipinski definition) is 3. The second-order valence-electron chi connectivity index (χ2n) is 5.85. The summed E-state index contributed by atoms with van der Waals surface area (Å²) in [6.07, 6.45) is 3.89. The number of methoxy groups -OCH3 is 1. The molecule has 0 aromatic heterocycles. The number of aryl methyl sites for hydroxylation is 2. The Morgan fingerprint density at radius 3 is 2.70 bits per heavy atom. The maximum atomic E-state index is 13.1. The van der Waals surface area contributed by atoms with E-state index in [1.165, 1.54) is 0 Å². The van der Waals surface area contributed by atoms with Gasteiger partial charge in [-0.25, -0.2) is 0 Å². The van der Waals surface area contributed by atoms with E-state index in [-0.39, 0.29) is 11.3 Å². The summed E-state index contributed by atoms with van der Waals surface area (Å²) < 4.78 is 5.46. The molecule has 0 spiro atoms. The van der Waals surface area contributed by atoms with Gasteiger partial charge in [-0.2, -0.15) is 0 Å². The lowest BCUT2D eigenvalue weighted by atomic mass is 9.82. The number of benzene rings is 1. The fourth-order valence-electron chi connectivity index (χ4n) is 3.37. The van der Waals surface area contributed by atoms with Crippen LogP contribution in [0, 0.1) is 13.8 Å². The minimum absolute atomic E-state index is 0.200. The van der Waals surface area contributed by atoms with Crippen molar-refractivity contribution in [1.82, 2.24) is 5.32 Å². The van der Waals surface area contributed by atoms with Crippen LogP contribution in [0.25, 0.3) is 0 Å². The van der Waals surface area contributed by atoms with Gasteiger partial charge >= 0.3 is 0 Å². The molecule has 1 saturated heterocycles. The average Bonchev–Trinajstić information content (AvgIpc) is 2.87. The zero-order chi connectivity index (χ0) is 14.8. The summed E-state index contributed by atoms with van der Waals surface area (Å²) in [7, 11) is 1.64. The van der Waals surface area contributed by atoms with Crippen LogP contribution in [-0.4, -0.2) is 25.0 Å². The topological polar surface area (TPSA) is 38.3 Å². The zero-order valence-corrected chi connectivity index (χ0v) is 13.0. The molecule has 20 heavy (non-hydrogen) atoms. The van der Waals surface area contributed by atoms with Crippen molar-refractivity contribution in [3.8, 4) is 5.75 Å². The Hall–Kier alpha value is -1.35. The number of hydrogen-bond donors (Lipinski definition) is 1. The smallest absolute Gasteiger partial charge is 0.186 e. The Morgan fingerprint density at radius 2 is 2.15 bits per heavy atom. The van der Waals surface area contributed by atoms with Crippen LogP contribution >= 0.6 is 0 Å². The van der Waals surface area contributed by atoms with Crippen molar-refractivity contribution in [2.75, 3.05) is 13.7 Å². The van der Waals surface area contributed by atoms with Crippen molar-refractivity contribution < 1.29 is 9.53 Å². The number of ether oxygens (including phenoxy) is 1. The third-order valence-corrected chi connectivity index (χ3v) is 4.25. The molecule has 3 nitrogen and oxygen atoms in total. The van der Waals surface area contributed by atoms with Crippen molar-refractivity contribution in [2.45, 2.75) is 52.0 Å². The van der Waals surface area contributed by atoms with E-state index in [4.69, 9.17) is 4.74 Å². The number of nitrogens with one attached hydrogen (secondary N) is 1. The summed E-state index contributed by atoms with van der Waals surface area (Å²) in [5.41, 5.74) is 2.50. The average molecular weight is 275 g/mol. The minimum Gasteiger partial charge on any atom is -0.496 e. The van der Waals surface area contributed by atoms with Gasteiger partial charge in [0.05, 0.1) is 18.2 Å². The normalized spacial score (nSPS) is 22.0. The summed E-state index contributed by atoms with van der Waals surface area (Å²) in [5.74, 6) is 0.905. The molecule has 1 aromatic rings. The first kappa shape index (κ1) is 15.0. The molecule has 1 atom stereocenters. The summed E-state index contributed by atoms with van der Waals surface area (Å²) in [6, 6.07) is 4.01. The van der Waals surface area contributed by atoms with E-state index in [2.05, 4.69) is 18.3 Å². The monoisotopic (exact) mass is 275 g/mol. The fraction of sp³-hybridized carbons (Fsp3) is 0.588. The van der Waals surface area contributed by atoms with Gasteiger partial charge in [-0.15, -0.1) is 0 Å². The Bertz CT molecular complexity index is 502. The predicted molar refractivity (Wildman–Crippen MR) is 81.7 cm³/mol. The number of ketones is 1. The molecule has 0 saturated carbocycles. The molecule has 1 N–H and O–H groups in total. The van der Waals surface area contributed by atoms with Crippen LogP contribution in [0.3, 0.4) is 0 Å². The van der Waals surface area contributed by atoms with Crippen LogP contribution in [0.1, 0.15) is 54.1 Å². The summed E-state index contributed by atoms with van der Waals surface area (Å²) >= 11 is 0. The van der Waals surface area contributed by atoms with E-state index in [0.29, 0.717) is 5.75 Å². The third kappa shape index (κ3) is 2.59. The molecule has 2 rings (SSSR count). The molecule has 1 aliphatic heterocycles. The van der Waals surface area contributed by atoms with E-state index in [0.717, 1.165) is 48.9 Å². The summed E-state index contributed by atoms with van der Waals surface area (Å²) in [5, 5.41) is 3.46. The number of carbonyl (C=O) groups excluding carboxylic acids is 1. The van der Waals surface area contributed by atoms with E-state index in [9.17, 15) is 4.79 Å². The molecule has 1 aliphatic rings. The second kappa shape index (κ2) is 5.96. The molecule has 1 aromatic carbocycles. The van der Waals surface area contributed by atoms with Crippen LogP contribution in [0.2, 0.25) is 0 Å². The third-order valence-electron chi connectivity index (χ3n) is 4.25. The standard InChI is InChI=1S/C17H25NO2/c1-5-7-17(8-6-9-18-17)16(19)15-13(3)10-12(2)11-14(15)20-4/h10-11,18H,5-9H2,1-4H3.